The number of nitrogens with zero attached hydrogens (tertiary/aromatic N) is 1. The SMILES string of the molecule is CNc1cccnc1S(=O)(=O)NC(C(N)=O)C(C)C. The van der Waals surface area contributed by atoms with Gasteiger partial charge in [0.05, 0.1) is 5.69 Å². The number of nitrogens with one attached hydrogen (secondary N) is 2. The Hall–Kier alpha value is -1.67. The minimum Gasteiger partial charge on any atom is -0.386 e. The molecule has 1 aromatic rings. The van der Waals surface area contributed by atoms with E-state index in [9.17, 15) is 13.2 Å². The molecule has 1 atom stereocenters. The van der Waals surface area contributed by atoms with Crippen LogP contribution in [0.4, 0.5) is 5.69 Å². The lowest BCUT2D eigenvalue weighted by molar-refractivity contribution is -0.120. The first-order chi connectivity index (χ1) is 8.79. The van der Waals surface area contributed by atoms with Crippen LogP contribution in [0.15, 0.2) is 23.4 Å². The monoisotopic (exact) mass is 286 g/mol. The number of aromatic nitrogens is 1. The van der Waals surface area contributed by atoms with Crippen molar-refractivity contribution in [1.29, 1.82) is 0 Å². The maximum atomic E-state index is 12.2. The molecule has 0 aliphatic rings. The van der Waals surface area contributed by atoms with Crippen molar-refractivity contribution in [2.24, 2.45) is 11.7 Å². The fourth-order valence-electron chi connectivity index (χ4n) is 1.54. The van der Waals surface area contributed by atoms with Crippen LogP contribution in [0, 0.1) is 5.92 Å². The van der Waals surface area contributed by atoms with Crippen LogP contribution in [-0.4, -0.2) is 32.4 Å². The Bertz CT molecular complexity index is 557. The molecule has 1 heterocycles. The second kappa shape index (κ2) is 5.98. The van der Waals surface area contributed by atoms with Crippen LogP contribution in [0.5, 0.6) is 0 Å². The fourth-order valence-corrected chi connectivity index (χ4v) is 3.03. The van der Waals surface area contributed by atoms with Crippen LogP contribution in [0.25, 0.3) is 0 Å². The Kier molecular flexibility index (Phi) is 4.84. The molecular weight excluding hydrogens is 268 g/mol. The van der Waals surface area contributed by atoms with Crippen LogP contribution < -0.4 is 15.8 Å². The molecule has 1 rings (SSSR count). The highest BCUT2D eigenvalue weighted by Gasteiger charge is 2.28. The standard InChI is InChI=1S/C11H18N4O3S/c1-7(2)9(10(12)16)15-19(17,18)11-8(13-3)5-4-6-14-11/h4-7,9,13,15H,1-3H3,(H2,12,16). The van der Waals surface area contributed by atoms with Crippen molar-refractivity contribution in [1.82, 2.24) is 9.71 Å². The highest BCUT2D eigenvalue weighted by atomic mass is 32.2. The lowest BCUT2D eigenvalue weighted by Crippen LogP contribution is -2.47. The molecule has 1 amide bonds. The summed E-state index contributed by atoms with van der Waals surface area (Å²) in [4.78, 5) is 15.1. The summed E-state index contributed by atoms with van der Waals surface area (Å²) in [6.07, 6.45) is 1.37. The van der Waals surface area contributed by atoms with E-state index in [4.69, 9.17) is 5.73 Å². The Balaban J connectivity index is 3.14. The van der Waals surface area contributed by atoms with Gasteiger partial charge in [-0.1, -0.05) is 13.8 Å². The number of amides is 1. The number of hydrogen-bond donors (Lipinski definition) is 3. The summed E-state index contributed by atoms with van der Waals surface area (Å²) < 4.78 is 26.7. The summed E-state index contributed by atoms with van der Waals surface area (Å²) in [5, 5.41) is 2.57. The van der Waals surface area contributed by atoms with Gasteiger partial charge in [0.25, 0.3) is 10.0 Å². The van der Waals surface area contributed by atoms with Crippen molar-refractivity contribution >= 4 is 21.6 Å². The zero-order valence-electron chi connectivity index (χ0n) is 11.0. The number of rotatable bonds is 6. The summed E-state index contributed by atoms with van der Waals surface area (Å²) >= 11 is 0. The third kappa shape index (κ3) is 3.65. The van der Waals surface area contributed by atoms with E-state index in [-0.39, 0.29) is 10.9 Å². The van der Waals surface area contributed by atoms with Crippen LogP contribution in [0.1, 0.15) is 13.8 Å². The number of anilines is 1. The molecule has 0 saturated carbocycles. The van der Waals surface area contributed by atoms with E-state index < -0.39 is 22.0 Å². The van der Waals surface area contributed by atoms with E-state index in [0.29, 0.717) is 5.69 Å². The average Bonchev–Trinajstić information content (AvgIpc) is 2.35. The van der Waals surface area contributed by atoms with Gasteiger partial charge in [-0.25, -0.2) is 13.4 Å². The molecular formula is C11H18N4O3S. The van der Waals surface area contributed by atoms with Gasteiger partial charge in [-0.2, -0.15) is 4.72 Å². The minimum atomic E-state index is -3.92. The number of carbonyl (C=O) groups is 1. The van der Waals surface area contributed by atoms with Crippen LogP contribution >= 0.6 is 0 Å². The summed E-state index contributed by atoms with van der Waals surface area (Å²) in [5.74, 6) is -0.977. The molecule has 4 N–H and O–H groups in total. The topological polar surface area (TPSA) is 114 Å². The first-order valence-corrected chi connectivity index (χ1v) is 7.22. The van der Waals surface area contributed by atoms with E-state index in [1.807, 2.05) is 0 Å². The molecule has 0 aromatic carbocycles. The Morgan fingerprint density at radius 3 is 2.53 bits per heavy atom. The molecule has 106 valence electrons. The van der Waals surface area contributed by atoms with E-state index in [1.165, 1.54) is 6.20 Å². The molecule has 7 nitrogen and oxygen atoms in total. The van der Waals surface area contributed by atoms with Gasteiger partial charge in [0.15, 0.2) is 5.03 Å². The number of nitrogens with two attached hydrogens (primary N) is 1. The molecule has 1 aromatic heterocycles. The predicted octanol–water partition coefficient (Wildman–Crippen LogP) is -0.0885. The average molecular weight is 286 g/mol. The molecule has 1 unspecified atom stereocenters. The van der Waals surface area contributed by atoms with Crippen molar-refractivity contribution < 1.29 is 13.2 Å². The van der Waals surface area contributed by atoms with Crippen LogP contribution in [-0.2, 0) is 14.8 Å². The second-order valence-corrected chi connectivity index (χ2v) is 5.98. The first-order valence-electron chi connectivity index (χ1n) is 5.74. The van der Waals surface area contributed by atoms with Gasteiger partial charge < -0.3 is 11.1 Å². The molecule has 19 heavy (non-hydrogen) atoms. The largest absolute Gasteiger partial charge is 0.386 e. The van der Waals surface area contributed by atoms with E-state index in [2.05, 4.69) is 15.0 Å². The van der Waals surface area contributed by atoms with Gasteiger partial charge in [0, 0.05) is 13.2 Å². The Morgan fingerprint density at radius 1 is 1.42 bits per heavy atom. The summed E-state index contributed by atoms with van der Waals surface area (Å²) in [6, 6.07) is 2.21. The number of hydrogen-bond acceptors (Lipinski definition) is 5. The van der Waals surface area contributed by atoms with Crippen molar-refractivity contribution in [3.63, 3.8) is 0 Å². The van der Waals surface area contributed by atoms with Crippen LogP contribution in [0.2, 0.25) is 0 Å². The summed E-state index contributed by atoms with van der Waals surface area (Å²) in [7, 11) is -2.33. The normalized spacial score (nSPS) is 13.3. The van der Waals surface area contributed by atoms with Gasteiger partial charge in [-0.3, -0.25) is 4.79 Å². The fraction of sp³-hybridized carbons (Fsp3) is 0.455. The second-order valence-electron chi connectivity index (χ2n) is 4.35. The first kappa shape index (κ1) is 15.4. The zero-order valence-corrected chi connectivity index (χ0v) is 11.9. The van der Waals surface area contributed by atoms with E-state index in [0.717, 1.165) is 0 Å². The third-order valence-corrected chi connectivity index (χ3v) is 3.95. The highest BCUT2D eigenvalue weighted by Crippen LogP contribution is 2.18. The van der Waals surface area contributed by atoms with Crippen molar-refractivity contribution in [2.45, 2.75) is 24.9 Å². The lowest BCUT2D eigenvalue weighted by Gasteiger charge is -2.19. The zero-order chi connectivity index (χ0) is 14.6. The molecule has 0 spiro atoms. The Morgan fingerprint density at radius 2 is 2.05 bits per heavy atom. The van der Waals surface area contributed by atoms with Crippen molar-refractivity contribution in [3.05, 3.63) is 18.3 Å². The van der Waals surface area contributed by atoms with Gasteiger partial charge in [0.1, 0.15) is 6.04 Å². The maximum Gasteiger partial charge on any atom is 0.260 e. The number of sulfonamides is 1. The number of carbonyl (C=O) groups excluding carboxylic acids is 1. The van der Waals surface area contributed by atoms with Gasteiger partial charge in [-0.05, 0) is 18.1 Å². The third-order valence-electron chi connectivity index (χ3n) is 2.55. The maximum absolute atomic E-state index is 12.2. The van der Waals surface area contributed by atoms with Crippen molar-refractivity contribution in [2.75, 3.05) is 12.4 Å². The van der Waals surface area contributed by atoms with Crippen LogP contribution in [0.3, 0.4) is 0 Å². The van der Waals surface area contributed by atoms with E-state index in [1.54, 1.807) is 33.0 Å². The van der Waals surface area contributed by atoms with Crippen molar-refractivity contribution in [3.8, 4) is 0 Å². The number of pyridine rings is 1. The molecule has 0 fully saturated rings. The molecule has 0 radical (unpaired) electrons. The summed E-state index contributed by atoms with van der Waals surface area (Å²) in [6.45, 7) is 3.41. The van der Waals surface area contributed by atoms with Gasteiger partial charge >= 0.3 is 0 Å². The van der Waals surface area contributed by atoms with E-state index >= 15 is 0 Å². The Labute approximate surface area is 112 Å². The molecule has 0 bridgehead atoms. The van der Waals surface area contributed by atoms with Gasteiger partial charge in [0.2, 0.25) is 5.91 Å². The smallest absolute Gasteiger partial charge is 0.260 e. The molecule has 0 saturated heterocycles. The quantitative estimate of drug-likeness (QED) is 0.676. The summed E-state index contributed by atoms with van der Waals surface area (Å²) in [5.41, 5.74) is 5.54. The lowest BCUT2D eigenvalue weighted by atomic mass is 10.1. The van der Waals surface area contributed by atoms with Gasteiger partial charge in [-0.15, -0.1) is 0 Å². The number of primary amides is 1. The predicted molar refractivity (Wildman–Crippen MR) is 71.9 cm³/mol. The molecule has 0 aliphatic heterocycles. The highest BCUT2D eigenvalue weighted by molar-refractivity contribution is 7.89. The minimum absolute atomic E-state index is 0.163. The molecule has 8 heteroatoms. The molecule has 0 aliphatic carbocycles.